The summed E-state index contributed by atoms with van der Waals surface area (Å²) in [6.07, 6.45) is 6.31. The number of aryl methyl sites for hydroxylation is 1. The van der Waals surface area contributed by atoms with Gasteiger partial charge >= 0.3 is 5.97 Å². The van der Waals surface area contributed by atoms with Crippen LogP contribution in [0.4, 0.5) is 10.1 Å². The van der Waals surface area contributed by atoms with Gasteiger partial charge < -0.3 is 19.3 Å². The van der Waals surface area contributed by atoms with E-state index in [1.165, 1.54) is 12.1 Å². The molecule has 0 aliphatic rings. The van der Waals surface area contributed by atoms with E-state index in [-0.39, 0.29) is 12.4 Å². The average Bonchev–Trinajstić information content (AvgIpc) is 3.20. The molecule has 28 heavy (non-hydrogen) atoms. The van der Waals surface area contributed by atoms with Crippen LogP contribution in [0.2, 0.25) is 0 Å². The highest BCUT2D eigenvalue weighted by atomic mass is 19.1. The van der Waals surface area contributed by atoms with Crippen molar-refractivity contribution in [3.63, 3.8) is 0 Å². The summed E-state index contributed by atoms with van der Waals surface area (Å²) >= 11 is 0. The van der Waals surface area contributed by atoms with E-state index in [1.54, 1.807) is 29.6 Å². The SMILES string of the molecule is O=C(O)CN(Cc1ccc(OCCCn2ccnc2)cc1)c1ccc(F)cc1. The molecular weight excluding hydrogens is 361 g/mol. The topological polar surface area (TPSA) is 67.6 Å². The lowest BCUT2D eigenvalue weighted by atomic mass is 10.2. The first kappa shape index (κ1) is 19.4. The fourth-order valence-electron chi connectivity index (χ4n) is 2.82. The van der Waals surface area contributed by atoms with Gasteiger partial charge in [0.25, 0.3) is 0 Å². The second-order valence-corrected chi connectivity index (χ2v) is 6.37. The molecule has 0 fully saturated rings. The number of rotatable bonds is 10. The molecular formula is C21H22FN3O3. The Labute approximate surface area is 162 Å². The molecule has 0 aliphatic heterocycles. The molecule has 0 unspecified atom stereocenters. The van der Waals surface area contributed by atoms with Crippen LogP contribution in [0.15, 0.2) is 67.3 Å². The molecule has 1 heterocycles. The van der Waals surface area contributed by atoms with Gasteiger partial charge in [-0.2, -0.15) is 0 Å². The van der Waals surface area contributed by atoms with Crippen LogP contribution in [0.5, 0.6) is 5.75 Å². The van der Waals surface area contributed by atoms with Crippen molar-refractivity contribution in [2.45, 2.75) is 19.5 Å². The molecule has 0 aliphatic carbocycles. The minimum absolute atomic E-state index is 0.169. The zero-order valence-electron chi connectivity index (χ0n) is 15.4. The zero-order chi connectivity index (χ0) is 19.8. The quantitative estimate of drug-likeness (QED) is 0.542. The van der Waals surface area contributed by atoms with Gasteiger partial charge in [0, 0.05) is 31.2 Å². The summed E-state index contributed by atoms with van der Waals surface area (Å²) in [5, 5.41) is 9.17. The summed E-state index contributed by atoms with van der Waals surface area (Å²) in [6, 6.07) is 13.4. The third-order valence-corrected chi connectivity index (χ3v) is 4.20. The molecule has 0 amide bonds. The second-order valence-electron chi connectivity index (χ2n) is 6.37. The van der Waals surface area contributed by atoms with E-state index < -0.39 is 5.97 Å². The van der Waals surface area contributed by atoms with E-state index >= 15 is 0 Å². The van der Waals surface area contributed by atoms with Crippen molar-refractivity contribution in [3.05, 3.63) is 78.6 Å². The molecule has 0 radical (unpaired) electrons. The van der Waals surface area contributed by atoms with E-state index in [0.717, 1.165) is 24.3 Å². The van der Waals surface area contributed by atoms with Crippen molar-refractivity contribution >= 4 is 11.7 Å². The Morgan fingerprint density at radius 1 is 1.14 bits per heavy atom. The third-order valence-electron chi connectivity index (χ3n) is 4.20. The van der Waals surface area contributed by atoms with Crippen molar-refractivity contribution < 1.29 is 19.0 Å². The number of anilines is 1. The predicted octanol–water partition coefficient (Wildman–Crippen LogP) is 3.58. The van der Waals surface area contributed by atoms with Gasteiger partial charge in [-0.1, -0.05) is 12.1 Å². The summed E-state index contributed by atoms with van der Waals surface area (Å²) in [7, 11) is 0. The van der Waals surface area contributed by atoms with Crippen molar-refractivity contribution in [2.75, 3.05) is 18.1 Å². The number of nitrogens with zero attached hydrogens (tertiary/aromatic N) is 3. The fraction of sp³-hybridized carbons (Fsp3) is 0.238. The number of aromatic nitrogens is 2. The van der Waals surface area contributed by atoms with Crippen molar-refractivity contribution in [1.82, 2.24) is 9.55 Å². The number of carboxylic acids is 1. The van der Waals surface area contributed by atoms with Crippen LogP contribution < -0.4 is 9.64 Å². The van der Waals surface area contributed by atoms with Gasteiger partial charge in [-0.25, -0.2) is 9.37 Å². The largest absolute Gasteiger partial charge is 0.494 e. The lowest BCUT2D eigenvalue weighted by Crippen LogP contribution is -2.29. The Morgan fingerprint density at radius 3 is 2.54 bits per heavy atom. The highest BCUT2D eigenvalue weighted by molar-refractivity contribution is 5.73. The van der Waals surface area contributed by atoms with Crippen LogP contribution >= 0.6 is 0 Å². The summed E-state index contributed by atoms with van der Waals surface area (Å²) in [5.41, 5.74) is 1.60. The molecule has 0 bridgehead atoms. The van der Waals surface area contributed by atoms with Crippen molar-refractivity contribution in [3.8, 4) is 5.75 Å². The number of imidazole rings is 1. The highest BCUT2D eigenvalue weighted by Crippen LogP contribution is 2.19. The number of hydrogen-bond acceptors (Lipinski definition) is 4. The fourth-order valence-corrected chi connectivity index (χ4v) is 2.82. The zero-order valence-corrected chi connectivity index (χ0v) is 15.4. The van der Waals surface area contributed by atoms with Crippen molar-refractivity contribution in [1.29, 1.82) is 0 Å². The van der Waals surface area contributed by atoms with Crippen LogP contribution in [0.1, 0.15) is 12.0 Å². The summed E-state index contributed by atoms with van der Waals surface area (Å²) < 4.78 is 20.9. The van der Waals surface area contributed by atoms with Crippen LogP contribution in [0.3, 0.4) is 0 Å². The van der Waals surface area contributed by atoms with E-state index in [4.69, 9.17) is 9.84 Å². The molecule has 3 aromatic rings. The van der Waals surface area contributed by atoms with Gasteiger partial charge in [-0.3, -0.25) is 4.79 Å². The Morgan fingerprint density at radius 2 is 1.89 bits per heavy atom. The van der Waals surface area contributed by atoms with Crippen LogP contribution in [-0.2, 0) is 17.9 Å². The maximum absolute atomic E-state index is 13.1. The molecule has 2 aromatic carbocycles. The van der Waals surface area contributed by atoms with E-state index in [2.05, 4.69) is 4.98 Å². The first-order valence-electron chi connectivity index (χ1n) is 9.00. The molecule has 1 N–H and O–H groups in total. The number of halogens is 1. The maximum Gasteiger partial charge on any atom is 0.323 e. The maximum atomic E-state index is 13.1. The standard InChI is InChI=1S/C21H22FN3O3/c22-18-4-6-19(7-5-18)25(15-21(26)27)14-17-2-8-20(9-3-17)28-13-1-11-24-12-10-23-16-24/h2-10,12,16H,1,11,13-15H2,(H,26,27). The monoisotopic (exact) mass is 383 g/mol. The van der Waals surface area contributed by atoms with Crippen LogP contribution in [-0.4, -0.2) is 33.8 Å². The normalized spacial score (nSPS) is 10.6. The number of carboxylic acid groups (broad SMARTS) is 1. The summed E-state index contributed by atoms with van der Waals surface area (Å²) in [6.45, 7) is 1.68. The molecule has 6 nitrogen and oxygen atoms in total. The molecule has 0 spiro atoms. The molecule has 7 heteroatoms. The second kappa shape index (κ2) is 9.55. The Bertz CT molecular complexity index is 865. The molecule has 0 atom stereocenters. The van der Waals surface area contributed by atoms with Gasteiger partial charge in [0.05, 0.1) is 12.9 Å². The van der Waals surface area contributed by atoms with Gasteiger partial charge in [-0.05, 0) is 48.4 Å². The van der Waals surface area contributed by atoms with Crippen molar-refractivity contribution in [2.24, 2.45) is 0 Å². The summed E-state index contributed by atoms with van der Waals surface area (Å²) in [5.74, 6) is -0.531. The number of ether oxygens (including phenoxy) is 1. The van der Waals surface area contributed by atoms with E-state index in [0.29, 0.717) is 18.8 Å². The van der Waals surface area contributed by atoms with Gasteiger partial charge in [0.2, 0.25) is 0 Å². The molecule has 146 valence electrons. The minimum atomic E-state index is -0.942. The lowest BCUT2D eigenvalue weighted by molar-refractivity contribution is -0.135. The molecule has 1 aromatic heterocycles. The number of aliphatic carboxylic acids is 1. The molecule has 3 rings (SSSR count). The number of hydrogen-bond donors (Lipinski definition) is 1. The first-order valence-corrected chi connectivity index (χ1v) is 9.00. The highest BCUT2D eigenvalue weighted by Gasteiger charge is 2.12. The van der Waals surface area contributed by atoms with E-state index in [9.17, 15) is 9.18 Å². The smallest absolute Gasteiger partial charge is 0.323 e. The third kappa shape index (κ3) is 5.84. The summed E-state index contributed by atoms with van der Waals surface area (Å²) in [4.78, 5) is 16.9. The lowest BCUT2D eigenvalue weighted by Gasteiger charge is -2.23. The molecule has 0 saturated heterocycles. The Kier molecular flexibility index (Phi) is 6.62. The van der Waals surface area contributed by atoms with Gasteiger partial charge in [0.1, 0.15) is 18.1 Å². The van der Waals surface area contributed by atoms with E-state index in [1.807, 2.05) is 35.0 Å². The van der Waals surface area contributed by atoms with Gasteiger partial charge in [0.15, 0.2) is 0 Å². The number of benzene rings is 2. The Hall–Kier alpha value is -3.35. The average molecular weight is 383 g/mol. The van der Waals surface area contributed by atoms with Crippen LogP contribution in [0.25, 0.3) is 0 Å². The minimum Gasteiger partial charge on any atom is -0.494 e. The first-order chi connectivity index (χ1) is 13.6. The molecule has 0 saturated carbocycles. The number of carbonyl (C=O) groups is 1. The van der Waals surface area contributed by atoms with Gasteiger partial charge in [-0.15, -0.1) is 0 Å². The Balaban J connectivity index is 1.54. The predicted molar refractivity (Wildman–Crippen MR) is 104 cm³/mol. The van der Waals surface area contributed by atoms with Crippen LogP contribution in [0, 0.1) is 5.82 Å².